The van der Waals surface area contributed by atoms with Gasteiger partial charge in [-0.2, -0.15) is 5.10 Å². The van der Waals surface area contributed by atoms with E-state index in [-0.39, 0.29) is 16.7 Å². The van der Waals surface area contributed by atoms with E-state index >= 15 is 0 Å². The number of rotatable bonds is 4. The van der Waals surface area contributed by atoms with E-state index in [2.05, 4.69) is 15.5 Å². The minimum Gasteiger partial charge on any atom is -0.377 e. The van der Waals surface area contributed by atoms with Gasteiger partial charge in [-0.3, -0.25) is 15.2 Å². The first-order valence-electron chi connectivity index (χ1n) is 5.59. The number of benzene rings is 1. The Kier molecular flexibility index (Phi) is 3.27. The first-order chi connectivity index (χ1) is 8.58. The molecule has 0 amide bonds. The molecule has 2 rings (SSSR count). The van der Waals surface area contributed by atoms with Crippen LogP contribution in [0.5, 0.6) is 0 Å². The molecule has 0 saturated carbocycles. The molecule has 0 saturated heterocycles. The summed E-state index contributed by atoms with van der Waals surface area (Å²) >= 11 is 0. The highest BCUT2D eigenvalue weighted by molar-refractivity contribution is 5.55. The molecule has 1 atom stereocenters. The summed E-state index contributed by atoms with van der Waals surface area (Å²) in [5.74, 6) is 0. The summed E-state index contributed by atoms with van der Waals surface area (Å²) in [5, 5.41) is 20.8. The van der Waals surface area contributed by atoms with Crippen molar-refractivity contribution in [1.82, 2.24) is 10.2 Å². The number of hydrogen-bond donors (Lipinski definition) is 2. The van der Waals surface area contributed by atoms with Crippen molar-refractivity contribution in [3.8, 4) is 0 Å². The van der Waals surface area contributed by atoms with Gasteiger partial charge in [-0.05, 0) is 26.0 Å². The van der Waals surface area contributed by atoms with Crippen LogP contribution in [0.15, 0.2) is 30.5 Å². The normalized spacial score (nSPS) is 12.1. The maximum Gasteiger partial charge on any atom is 0.274 e. The average molecular weight is 246 g/mol. The summed E-state index contributed by atoms with van der Waals surface area (Å²) in [6.07, 6.45) is 1.67. The van der Waals surface area contributed by atoms with Crippen LogP contribution >= 0.6 is 0 Å². The highest BCUT2D eigenvalue weighted by Crippen LogP contribution is 2.24. The largest absolute Gasteiger partial charge is 0.377 e. The third-order valence-corrected chi connectivity index (χ3v) is 2.78. The minimum atomic E-state index is -0.374. The van der Waals surface area contributed by atoms with Gasteiger partial charge in [0.25, 0.3) is 5.69 Å². The van der Waals surface area contributed by atoms with E-state index in [0.717, 1.165) is 11.4 Å². The summed E-state index contributed by atoms with van der Waals surface area (Å²) in [6.45, 7) is 3.68. The third-order valence-electron chi connectivity index (χ3n) is 2.78. The molecule has 0 spiro atoms. The molecule has 0 radical (unpaired) electrons. The number of nitrogens with zero attached hydrogens (tertiary/aromatic N) is 2. The number of nitro groups is 1. The zero-order chi connectivity index (χ0) is 13.1. The minimum absolute atomic E-state index is 0.00908. The van der Waals surface area contributed by atoms with Crippen LogP contribution in [0.3, 0.4) is 0 Å². The Balaban J connectivity index is 2.20. The van der Waals surface area contributed by atoms with E-state index in [9.17, 15) is 10.1 Å². The molecule has 6 nitrogen and oxygen atoms in total. The number of nitro benzene ring substituents is 1. The molecule has 94 valence electrons. The molecule has 0 aliphatic heterocycles. The Morgan fingerprint density at radius 3 is 2.83 bits per heavy atom. The highest BCUT2D eigenvalue weighted by atomic mass is 16.6. The van der Waals surface area contributed by atoms with Gasteiger partial charge in [0.05, 0.1) is 16.7 Å². The quantitative estimate of drug-likeness (QED) is 0.641. The lowest BCUT2D eigenvalue weighted by Crippen LogP contribution is -2.07. The van der Waals surface area contributed by atoms with E-state index in [1.54, 1.807) is 25.3 Å². The third kappa shape index (κ3) is 2.48. The molecule has 1 heterocycles. The molecular formula is C12H14N4O2. The fourth-order valence-corrected chi connectivity index (χ4v) is 1.73. The van der Waals surface area contributed by atoms with Crippen molar-refractivity contribution in [2.45, 2.75) is 19.9 Å². The van der Waals surface area contributed by atoms with Gasteiger partial charge in [0.15, 0.2) is 0 Å². The van der Waals surface area contributed by atoms with Crippen molar-refractivity contribution in [2.24, 2.45) is 0 Å². The Morgan fingerprint density at radius 2 is 2.22 bits per heavy atom. The van der Waals surface area contributed by atoms with E-state index < -0.39 is 0 Å². The molecule has 0 fully saturated rings. The van der Waals surface area contributed by atoms with Gasteiger partial charge in [-0.15, -0.1) is 0 Å². The molecule has 18 heavy (non-hydrogen) atoms. The number of aryl methyl sites for hydroxylation is 1. The number of aromatic nitrogens is 2. The van der Waals surface area contributed by atoms with Crippen molar-refractivity contribution < 1.29 is 4.92 Å². The van der Waals surface area contributed by atoms with Gasteiger partial charge < -0.3 is 5.32 Å². The standard InChI is InChI=1S/C12H14N4O2/c1-8-3-4-10(7-12(8)16(17)18)14-9(2)11-5-6-13-15-11/h3-7,9,14H,1-2H3,(H,13,15). The predicted molar refractivity (Wildman–Crippen MR) is 68.5 cm³/mol. The van der Waals surface area contributed by atoms with Crippen LogP contribution in [0.4, 0.5) is 11.4 Å². The fourth-order valence-electron chi connectivity index (χ4n) is 1.73. The second kappa shape index (κ2) is 4.87. The van der Waals surface area contributed by atoms with Crippen molar-refractivity contribution in [1.29, 1.82) is 0 Å². The van der Waals surface area contributed by atoms with Crippen LogP contribution in [0.1, 0.15) is 24.2 Å². The van der Waals surface area contributed by atoms with E-state index in [0.29, 0.717) is 5.56 Å². The summed E-state index contributed by atoms with van der Waals surface area (Å²) in [4.78, 5) is 10.5. The first-order valence-corrected chi connectivity index (χ1v) is 5.59. The zero-order valence-electron chi connectivity index (χ0n) is 10.2. The second-order valence-corrected chi connectivity index (χ2v) is 4.14. The monoisotopic (exact) mass is 246 g/mol. The molecule has 0 aliphatic rings. The van der Waals surface area contributed by atoms with Gasteiger partial charge in [0.1, 0.15) is 0 Å². The summed E-state index contributed by atoms with van der Waals surface area (Å²) < 4.78 is 0. The fraction of sp³-hybridized carbons (Fsp3) is 0.250. The SMILES string of the molecule is Cc1ccc(NC(C)c2ccn[nH]2)cc1[N+](=O)[O-]. The molecule has 0 bridgehead atoms. The number of H-pyrrole nitrogens is 1. The van der Waals surface area contributed by atoms with Crippen LogP contribution in [-0.4, -0.2) is 15.1 Å². The predicted octanol–water partition coefficient (Wildman–Crippen LogP) is 2.80. The van der Waals surface area contributed by atoms with Gasteiger partial charge in [0.2, 0.25) is 0 Å². The van der Waals surface area contributed by atoms with Crippen LogP contribution < -0.4 is 5.32 Å². The first kappa shape index (κ1) is 12.1. The molecule has 6 heteroatoms. The molecule has 1 aromatic carbocycles. The summed E-state index contributed by atoms with van der Waals surface area (Å²) in [5.41, 5.74) is 2.42. The van der Waals surface area contributed by atoms with E-state index in [4.69, 9.17) is 0 Å². The highest BCUT2D eigenvalue weighted by Gasteiger charge is 2.13. The molecule has 2 aromatic rings. The van der Waals surface area contributed by atoms with E-state index in [1.807, 2.05) is 19.1 Å². The van der Waals surface area contributed by atoms with Crippen molar-refractivity contribution in [2.75, 3.05) is 5.32 Å². The number of aromatic amines is 1. The van der Waals surface area contributed by atoms with Gasteiger partial charge in [-0.1, -0.05) is 6.07 Å². The van der Waals surface area contributed by atoms with Crippen LogP contribution in [-0.2, 0) is 0 Å². The molecular weight excluding hydrogens is 232 g/mol. The number of hydrogen-bond acceptors (Lipinski definition) is 4. The smallest absolute Gasteiger partial charge is 0.274 e. The Hall–Kier alpha value is -2.37. The summed E-state index contributed by atoms with van der Waals surface area (Å²) in [6, 6.07) is 6.98. The van der Waals surface area contributed by atoms with Crippen molar-refractivity contribution >= 4 is 11.4 Å². The lowest BCUT2D eigenvalue weighted by Gasteiger charge is -2.13. The van der Waals surface area contributed by atoms with Crippen molar-refractivity contribution in [3.05, 3.63) is 51.8 Å². The second-order valence-electron chi connectivity index (χ2n) is 4.14. The van der Waals surface area contributed by atoms with Crippen LogP contribution in [0.2, 0.25) is 0 Å². The number of nitrogens with one attached hydrogen (secondary N) is 2. The maximum atomic E-state index is 10.9. The lowest BCUT2D eigenvalue weighted by atomic mass is 10.1. The molecule has 1 unspecified atom stereocenters. The van der Waals surface area contributed by atoms with E-state index in [1.165, 1.54) is 0 Å². The average Bonchev–Trinajstić information content (AvgIpc) is 2.85. The Labute approximate surface area is 104 Å². The Morgan fingerprint density at radius 1 is 1.44 bits per heavy atom. The van der Waals surface area contributed by atoms with Gasteiger partial charge in [0, 0.05) is 23.5 Å². The van der Waals surface area contributed by atoms with Gasteiger partial charge in [-0.25, -0.2) is 0 Å². The van der Waals surface area contributed by atoms with Crippen LogP contribution in [0, 0.1) is 17.0 Å². The molecule has 1 aromatic heterocycles. The van der Waals surface area contributed by atoms with Crippen molar-refractivity contribution in [3.63, 3.8) is 0 Å². The molecule has 2 N–H and O–H groups in total. The zero-order valence-corrected chi connectivity index (χ0v) is 10.2. The Bertz CT molecular complexity index is 551. The summed E-state index contributed by atoms with van der Waals surface area (Å²) in [7, 11) is 0. The van der Waals surface area contributed by atoms with Crippen LogP contribution in [0.25, 0.3) is 0 Å². The number of anilines is 1. The topological polar surface area (TPSA) is 83.8 Å². The maximum absolute atomic E-state index is 10.9. The molecule has 0 aliphatic carbocycles. The van der Waals surface area contributed by atoms with Gasteiger partial charge >= 0.3 is 0 Å². The lowest BCUT2D eigenvalue weighted by molar-refractivity contribution is -0.385.